The molecule has 21 heavy (non-hydrogen) atoms. The van der Waals surface area contributed by atoms with Crippen molar-refractivity contribution < 1.29 is 13.2 Å². The molecule has 2 rings (SSSR count). The Labute approximate surface area is 132 Å². The van der Waals surface area contributed by atoms with Crippen molar-refractivity contribution in [2.75, 3.05) is 19.8 Å². The summed E-state index contributed by atoms with van der Waals surface area (Å²) in [7, 11) is -3.56. The number of halogens is 1. The summed E-state index contributed by atoms with van der Waals surface area (Å²) >= 11 is 5.92. The van der Waals surface area contributed by atoms with Gasteiger partial charge in [-0.15, -0.1) is 11.6 Å². The van der Waals surface area contributed by atoms with Crippen LogP contribution in [-0.2, 0) is 20.6 Å². The Balaban J connectivity index is 2.54. The number of sulfonamides is 1. The van der Waals surface area contributed by atoms with Crippen LogP contribution in [0.15, 0.2) is 17.0 Å². The monoisotopic (exact) mass is 331 g/mol. The SMILES string of the molecule is Cc1cc(C)c(S(=O)(=O)N2CCOCC2(C)C)cc1CCl. The van der Waals surface area contributed by atoms with Crippen LogP contribution in [0.1, 0.15) is 30.5 Å². The first-order valence-corrected chi connectivity index (χ1v) is 8.94. The third-order valence-corrected chi connectivity index (χ3v) is 6.46. The molecule has 1 aliphatic rings. The molecule has 1 aromatic rings. The fraction of sp³-hybridized carbons (Fsp3) is 0.600. The molecule has 0 aliphatic carbocycles. The van der Waals surface area contributed by atoms with Crippen LogP contribution in [0.2, 0.25) is 0 Å². The van der Waals surface area contributed by atoms with Gasteiger partial charge in [-0.05, 0) is 50.5 Å². The van der Waals surface area contributed by atoms with E-state index in [0.29, 0.717) is 30.5 Å². The van der Waals surface area contributed by atoms with Gasteiger partial charge < -0.3 is 4.74 Å². The minimum absolute atomic E-state index is 0.307. The molecule has 1 heterocycles. The maximum absolute atomic E-state index is 13.0. The van der Waals surface area contributed by atoms with E-state index >= 15 is 0 Å². The molecule has 118 valence electrons. The van der Waals surface area contributed by atoms with E-state index in [-0.39, 0.29) is 0 Å². The van der Waals surface area contributed by atoms with Gasteiger partial charge in [0.1, 0.15) is 0 Å². The van der Waals surface area contributed by atoms with Gasteiger partial charge >= 0.3 is 0 Å². The minimum Gasteiger partial charge on any atom is -0.378 e. The summed E-state index contributed by atoms with van der Waals surface area (Å²) in [5, 5.41) is 0. The first-order valence-electron chi connectivity index (χ1n) is 6.97. The first-order chi connectivity index (χ1) is 9.70. The van der Waals surface area contributed by atoms with Gasteiger partial charge in [0.25, 0.3) is 0 Å². The zero-order valence-corrected chi connectivity index (χ0v) is 14.5. The molecular weight excluding hydrogens is 310 g/mol. The van der Waals surface area contributed by atoms with Gasteiger partial charge in [-0.25, -0.2) is 8.42 Å². The predicted molar refractivity (Wildman–Crippen MR) is 84.3 cm³/mol. The topological polar surface area (TPSA) is 46.6 Å². The highest BCUT2D eigenvalue weighted by Gasteiger charge is 2.40. The third kappa shape index (κ3) is 3.11. The number of ether oxygens (including phenoxy) is 1. The second-order valence-electron chi connectivity index (χ2n) is 6.12. The van der Waals surface area contributed by atoms with E-state index in [9.17, 15) is 8.42 Å². The number of alkyl halides is 1. The number of hydrogen-bond donors (Lipinski definition) is 0. The van der Waals surface area contributed by atoms with Crippen molar-refractivity contribution in [1.29, 1.82) is 0 Å². The highest BCUT2D eigenvalue weighted by atomic mass is 35.5. The summed E-state index contributed by atoms with van der Waals surface area (Å²) in [6.45, 7) is 8.74. The van der Waals surface area contributed by atoms with Gasteiger partial charge in [-0.1, -0.05) is 6.07 Å². The summed E-state index contributed by atoms with van der Waals surface area (Å²) < 4.78 is 33.0. The lowest BCUT2D eigenvalue weighted by atomic mass is 10.1. The van der Waals surface area contributed by atoms with Crippen LogP contribution < -0.4 is 0 Å². The van der Waals surface area contributed by atoms with Crippen LogP contribution in [0.4, 0.5) is 0 Å². The number of benzene rings is 1. The van der Waals surface area contributed by atoms with Gasteiger partial charge in [0.05, 0.1) is 23.6 Å². The second-order valence-corrected chi connectivity index (χ2v) is 8.22. The highest BCUT2D eigenvalue weighted by molar-refractivity contribution is 7.89. The van der Waals surface area contributed by atoms with E-state index in [4.69, 9.17) is 16.3 Å². The lowest BCUT2D eigenvalue weighted by Crippen LogP contribution is -2.55. The second kappa shape index (κ2) is 5.88. The van der Waals surface area contributed by atoms with Gasteiger partial charge in [-0.2, -0.15) is 4.31 Å². The number of hydrogen-bond acceptors (Lipinski definition) is 3. The standard InChI is InChI=1S/C15H22ClNO3S/c1-11-7-12(2)14(8-13(11)9-16)21(18,19)17-5-6-20-10-15(17,3)4/h7-8H,5-6,9-10H2,1-4H3. The number of aryl methyl sites for hydroxylation is 2. The van der Waals surface area contributed by atoms with Crippen LogP contribution in [0.5, 0.6) is 0 Å². The lowest BCUT2D eigenvalue weighted by Gasteiger charge is -2.41. The Kier molecular flexibility index (Phi) is 4.69. The Hall–Kier alpha value is -0.620. The fourth-order valence-corrected chi connectivity index (χ4v) is 5.01. The number of nitrogens with zero attached hydrogens (tertiary/aromatic N) is 1. The van der Waals surface area contributed by atoms with Crippen LogP contribution in [0.25, 0.3) is 0 Å². The molecular formula is C15H22ClNO3S. The summed E-state index contributed by atoms with van der Waals surface area (Å²) in [6.07, 6.45) is 0. The van der Waals surface area contributed by atoms with Crippen molar-refractivity contribution >= 4 is 21.6 Å². The van der Waals surface area contributed by atoms with E-state index in [1.165, 1.54) is 0 Å². The zero-order chi connectivity index (χ0) is 15.8. The van der Waals surface area contributed by atoms with Crippen molar-refractivity contribution in [3.63, 3.8) is 0 Å². The van der Waals surface area contributed by atoms with E-state index in [1.54, 1.807) is 10.4 Å². The van der Waals surface area contributed by atoms with Gasteiger partial charge in [0.15, 0.2) is 0 Å². The fourth-order valence-electron chi connectivity index (χ4n) is 2.70. The van der Waals surface area contributed by atoms with E-state index < -0.39 is 15.6 Å². The Morgan fingerprint density at radius 1 is 1.29 bits per heavy atom. The first kappa shape index (κ1) is 16.7. The maximum Gasteiger partial charge on any atom is 0.243 e. The Bertz CT molecular complexity index is 641. The molecule has 0 bridgehead atoms. The molecule has 4 nitrogen and oxygen atoms in total. The van der Waals surface area contributed by atoms with E-state index in [1.807, 2.05) is 33.8 Å². The Morgan fingerprint density at radius 3 is 2.52 bits per heavy atom. The summed E-state index contributed by atoms with van der Waals surface area (Å²) in [5.41, 5.74) is 2.08. The molecule has 1 aromatic carbocycles. The average molecular weight is 332 g/mol. The normalized spacial score (nSPS) is 19.7. The van der Waals surface area contributed by atoms with Crippen LogP contribution in [0, 0.1) is 13.8 Å². The average Bonchev–Trinajstić information content (AvgIpc) is 2.37. The summed E-state index contributed by atoms with van der Waals surface area (Å²) in [4.78, 5) is 0.346. The van der Waals surface area contributed by atoms with E-state index in [0.717, 1.165) is 16.7 Å². The minimum atomic E-state index is -3.56. The van der Waals surface area contributed by atoms with Crippen LogP contribution in [-0.4, -0.2) is 38.0 Å². The van der Waals surface area contributed by atoms with Gasteiger partial charge in [0.2, 0.25) is 10.0 Å². The molecule has 0 aromatic heterocycles. The smallest absolute Gasteiger partial charge is 0.243 e. The molecule has 6 heteroatoms. The van der Waals surface area contributed by atoms with Crippen molar-refractivity contribution in [3.8, 4) is 0 Å². The molecule has 0 amide bonds. The molecule has 1 saturated heterocycles. The highest BCUT2D eigenvalue weighted by Crippen LogP contribution is 2.30. The molecule has 1 aliphatic heterocycles. The summed E-state index contributed by atoms with van der Waals surface area (Å²) in [5.74, 6) is 0.307. The third-order valence-electron chi connectivity index (χ3n) is 3.91. The van der Waals surface area contributed by atoms with Crippen LogP contribution >= 0.6 is 11.6 Å². The maximum atomic E-state index is 13.0. The lowest BCUT2D eigenvalue weighted by molar-refractivity contribution is -0.00772. The number of morpholine rings is 1. The molecule has 1 fully saturated rings. The largest absolute Gasteiger partial charge is 0.378 e. The number of rotatable bonds is 3. The quantitative estimate of drug-likeness (QED) is 0.800. The van der Waals surface area contributed by atoms with Gasteiger partial charge in [-0.3, -0.25) is 0 Å². The molecule has 0 atom stereocenters. The van der Waals surface area contributed by atoms with Crippen molar-refractivity contribution in [3.05, 3.63) is 28.8 Å². The predicted octanol–water partition coefficient (Wildman–Crippen LogP) is 2.84. The molecule has 0 saturated carbocycles. The molecule has 0 spiro atoms. The molecule has 0 N–H and O–H groups in total. The molecule has 0 radical (unpaired) electrons. The van der Waals surface area contributed by atoms with Crippen LogP contribution in [0.3, 0.4) is 0 Å². The molecule has 0 unspecified atom stereocenters. The van der Waals surface area contributed by atoms with Crippen molar-refractivity contribution in [1.82, 2.24) is 4.31 Å². The zero-order valence-electron chi connectivity index (χ0n) is 12.9. The van der Waals surface area contributed by atoms with E-state index in [2.05, 4.69) is 0 Å². The van der Waals surface area contributed by atoms with Crippen molar-refractivity contribution in [2.24, 2.45) is 0 Å². The van der Waals surface area contributed by atoms with Crippen molar-refractivity contribution in [2.45, 2.75) is 44.0 Å². The van der Waals surface area contributed by atoms with Gasteiger partial charge in [0, 0.05) is 12.4 Å². The summed E-state index contributed by atoms with van der Waals surface area (Å²) in [6, 6.07) is 3.59. The Morgan fingerprint density at radius 2 is 1.95 bits per heavy atom.